The summed E-state index contributed by atoms with van der Waals surface area (Å²) in [4.78, 5) is 13.4. The summed E-state index contributed by atoms with van der Waals surface area (Å²) in [5.74, 6) is 2.03. The molecule has 2 aliphatic rings. The molecule has 0 spiro atoms. The fourth-order valence-corrected chi connectivity index (χ4v) is 3.26. The van der Waals surface area contributed by atoms with Crippen LogP contribution in [0.1, 0.15) is 19.8 Å². The van der Waals surface area contributed by atoms with Crippen LogP contribution in [-0.2, 0) is 4.74 Å². The second kappa shape index (κ2) is 7.11. The standard InChI is InChI=1S/C15H26N6O/c1-2-20-5-3-4-12(20)11-17-13-10-14(19-15(16)18-13)21-6-8-22-9-7-21/h10,12H,2-9,11H2,1H3,(H3,16,17,18,19). The van der Waals surface area contributed by atoms with E-state index in [4.69, 9.17) is 10.5 Å². The average molecular weight is 306 g/mol. The maximum atomic E-state index is 5.87. The fourth-order valence-electron chi connectivity index (χ4n) is 3.26. The number of likely N-dealkylation sites (N-methyl/N-ethyl adjacent to an activating group) is 1. The number of anilines is 3. The zero-order valence-electron chi connectivity index (χ0n) is 13.3. The van der Waals surface area contributed by atoms with Crippen molar-refractivity contribution in [3.8, 4) is 0 Å². The smallest absolute Gasteiger partial charge is 0.223 e. The van der Waals surface area contributed by atoms with Crippen LogP contribution in [0.3, 0.4) is 0 Å². The number of rotatable bonds is 5. The van der Waals surface area contributed by atoms with E-state index in [1.165, 1.54) is 19.4 Å². The highest BCUT2D eigenvalue weighted by atomic mass is 16.5. The van der Waals surface area contributed by atoms with Crippen molar-refractivity contribution in [1.29, 1.82) is 0 Å². The maximum Gasteiger partial charge on any atom is 0.223 e. The Balaban J connectivity index is 1.64. The van der Waals surface area contributed by atoms with Crippen molar-refractivity contribution in [2.75, 3.05) is 61.9 Å². The zero-order chi connectivity index (χ0) is 15.4. The molecule has 2 saturated heterocycles. The van der Waals surface area contributed by atoms with Crippen LogP contribution < -0.4 is 16.0 Å². The first kappa shape index (κ1) is 15.3. The Labute approximate surface area is 131 Å². The lowest BCUT2D eigenvalue weighted by atomic mass is 10.2. The summed E-state index contributed by atoms with van der Waals surface area (Å²) in [6.45, 7) is 8.61. The van der Waals surface area contributed by atoms with E-state index in [9.17, 15) is 0 Å². The minimum Gasteiger partial charge on any atom is -0.378 e. The van der Waals surface area contributed by atoms with Crippen molar-refractivity contribution >= 4 is 17.6 Å². The molecule has 3 N–H and O–H groups in total. The number of aromatic nitrogens is 2. The molecule has 1 unspecified atom stereocenters. The topological polar surface area (TPSA) is 79.5 Å². The quantitative estimate of drug-likeness (QED) is 0.832. The third-order valence-corrected chi connectivity index (χ3v) is 4.49. The number of nitrogens with zero attached hydrogens (tertiary/aromatic N) is 4. The van der Waals surface area contributed by atoms with E-state index in [-0.39, 0.29) is 0 Å². The van der Waals surface area contributed by atoms with Gasteiger partial charge in [0.05, 0.1) is 13.2 Å². The molecule has 0 radical (unpaired) electrons. The molecule has 0 aliphatic carbocycles. The molecule has 0 bridgehead atoms. The minimum absolute atomic E-state index is 0.324. The highest BCUT2D eigenvalue weighted by molar-refractivity contribution is 5.52. The van der Waals surface area contributed by atoms with Crippen molar-refractivity contribution in [3.05, 3.63) is 6.07 Å². The van der Waals surface area contributed by atoms with Crippen molar-refractivity contribution in [3.63, 3.8) is 0 Å². The van der Waals surface area contributed by atoms with Crippen LogP contribution in [0.25, 0.3) is 0 Å². The third kappa shape index (κ3) is 3.59. The summed E-state index contributed by atoms with van der Waals surface area (Å²) in [5.41, 5.74) is 5.87. The molecule has 1 atom stereocenters. The van der Waals surface area contributed by atoms with E-state index in [2.05, 4.69) is 32.0 Å². The first-order chi connectivity index (χ1) is 10.8. The van der Waals surface area contributed by atoms with Gasteiger partial charge in [-0.2, -0.15) is 9.97 Å². The molecule has 7 heteroatoms. The minimum atomic E-state index is 0.324. The highest BCUT2D eigenvalue weighted by Gasteiger charge is 2.23. The number of hydrogen-bond acceptors (Lipinski definition) is 7. The molecular weight excluding hydrogens is 280 g/mol. The van der Waals surface area contributed by atoms with Gasteiger partial charge in [-0.3, -0.25) is 4.90 Å². The van der Waals surface area contributed by atoms with E-state index in [1.807, 2.05) is 6.07 Å². The molecule has 1 aromatic heterocycles. The summed E-state index contributed by atoms with van der Waals surface area (Å²) in [7, 11) is 0. The maximum absolute atomic E-state index is 5.87. The predicted octanol–water partition coefficient (Wildman–Crippen LogP) is 0.792. The van der Waals surface area contributed by atoms with Crippen molar-refractivity contribution in [1.82, 2.24) is 14.9 Å². The summed E-state index contributed by atoms with van der Waals surface area (Å²) in [6.07, 6.45) is 2.53. The number of nitrogens with two attached hydrogens (primary N) is 1. The number of nitrogens with one attached hydrogen (secondary N) is 1. The van der Waals surface area contributed by atoms with E-state index in [1.54, 1.807) is 0 Å². The first-order valence-electron chi connectivity index (χ1n) is 8.21. The Kier molecular flexibility index (Phi) is 4.94. The lowest BCUT2D eigenvalue weighted by Crippen LogP contribution is -2.37. The fraction of sp³-hybridized carbons (Fsp3) is 0.733. The van der Waals surface area contributed by atoms with Crippen LogP contribution in [0.15, 0.2) is 6.07 Å². The van der Waals surface area contributed by atoms with Gasteiger partial charge in [-0.15, -0.1) is 0 Å². The molecule has 3 heterocycles. The summed E-state index contributed by atoms with van der Waals surface area (Å²) in [5, 5.41) is 3.44. The zero-order valence-corrected chi connectivity index (χ0v) is 13.3. The van der Waals surface area contributed by atoms with Crippen LogP contribution >= 0.6 is 0 Å². The second-order valence-corrected chi connectivity index (χ2v) is 5.87. The first-order valence-corrected chi connectivity index (χ1v) is 8.21. The van der Waals surface area contributed by atoms with E-state index >= 15 is 0 Å². The van der Waals surface area contributed by atoms with Gasteiger partial charge in [-0.25, -0.2) is 0 Å². The lowest BCUT2D eigenvalue weighted by Gasteiger charge is -2.28. The molecule has 22 heavy (non-hydrogen) atoms. The molecule has 0 aromatic carbocycles. The van der Waals surface area contributed by atoms with Gasteiger partial charge in [0.25, 0.3) is 0 Å². The van der Waals surface area contributed by atoms with Crippen LogP contribution in [0.5, 0.6) is 0 Å². The number of hydrogen-bond donors (Lipinski definition) is 2. The predicted molar refractivity (Wildman–Crippen MR) is 88.2 cm³/mol. The molecule has 7 nitrogen and oxygen atoms in total. The molecule has 1 aromatic rings. The SMILES string of the molecule is CCN1CCCC1CNc1cc(N2CCOCC2)nc(N)n1. The Hall–Kier alpha value is -1.60. The van der Waals surface area contributed by atoms with Crippen LogP contribution in [-0.4, -0.2) is 66.8 Å². The van der Waals surface area contributed by atoms with Crippen molar-refractivity contribution in [2.24, 2.45) is 0 Å². The van der Waals surface area contributed by atoms with Gasteiger partial charge in [0.1, 0.15) is 11.6 Å². The summed E-state index contributed by atoms with van der Waals surface area (Å²) in [6, 6.07) is 2.58. The Morgan fingerprint density at radius 3 is 2.91 bits per heavy atom. The van der Waals surface area contributed by atoms with Gasteiger partial charge in [-0.05, 0) is 25.9 Å². The molecule has 122 valence electrons. The number of nitrogen functional groups attached to an aromatic ring is 1. The highest BCUT2D eigenvalue weighted by Crippen LogP contribution is 2.20. The number of likely N-dealkylation sites (tertiary alicyclic amines) is 1. The Bertz CT molecular complexity index is 491. The van der Waals surface area contributed by atoms with Gasteiger partial charge in [-0.1, -0.05) is 6.92 Å². The summed E-state index contributed by atoms with van der Waals surface area (Å²) >= 11 is 0. The van der Waals surface area contributed by atoms with Crippen LogP contribution in [0, 0.1) is 0 Å². The molecule has 2 aliphatic heterocycles. The van der Waals surface area contributed by atoms with Crippen LogP contribution in [0.2, 0.25) is 0 Å². The van der Waals surface area contributed by atoms with E-state index < -0.39 is 0 Å². The van der Waals surface area contributed by atoms with E-state index in [0.717, 1.165) is 51.0 Å². The molecule has 0 amide bonds. The van der Waals surface area contributed by atoms with Gasteiger partial charge >= 0.3 is 0 Å². The van der Waals surface area contributed by atoms with Gasteiger partial charge in [0.15, 0.2) is 0 Å². The average Bonchev–Trinajstić information content (AvgIpc) is 3.01. The van der Waals surface area contributed by atoms with E-state index in [0.29, 0.717) is 12.0 Å². The molecule has 2 fully saturated rings. The molecule has 3 rings (SSSR count). The third-order valence-electron chi connectivity index (χ3n) is 4.49. The van der Waals surface area contributed by atoms with Gasteiger partial charge < -0.3 is 20.7 Å². The molecular formula is C15H26N6O. The second-order valence-electron chi connectivity index (χ2n) is 5.87. The van der Waals surface area contributed by atoms with Crippen molar-refractivity contribution < 1.29 is 4.74 Å². The van der Waals surface area contributed by atoms with Crippen LogP contribution in [0.4, 0.5) is 17.6 Å². The van der Waals surface area contributed by atoms with Gasteiger partial charge in [0, 0.05) is 31.7 Å². The summed E-state index contributed by atoms with van der Waals surface area (Å²) < 4.78 is 5.38. The normalized spacial score (nSPS) is 23.0. The molecule has 0 saturated carbocycles. The monoisotopic (exact) mass is 306 g/mol. The largest absolute Gasteiger partial charge is 0.378 e. The Morgan fingerprint density at radius 2 is 2.14 bits per heavy atom. The van der Waals surface area contributed by atoms with Gasteiger partial charge in [0.2, 0.25) is 5.95 Å². The number of morpholine rings is 1. The van der Waals surface area contributed by atoms with Crippen molar-refractivity contribution in [2.45, 2.75) is 25.8 Å². The Morgan fingerprint density at radius 1 is 1.32 bits per heavy atom. The lowest BCUT2D eigenvalue weighted by molar-refractivity contribution is 0.122. The number of ether oxygens (including phenoxy) is 1.